The minimum atomic E-state index is -0.521. The van der Waals surface area contributed by atoms with Crippen LogP contribution in [0, 0.1) is 0 Å². The number of methoxy groups -OCH3 is 1. The zero-order valence-electron chi connectivity index (χ0n) is 10.3. The maximum absolute atomic E-state index is 11.6. The van der Waals surface area contributed by atoms with Crippen LogP contribution in [0.3, 0.4) is 0 Å². The van der Waals surface area contributed by atoms with Crippen molar-refractivity contribution in [2.24, 2.45) is 0 Å². The molecule has 0 aromatic heterocycles. The molecule has 0 aromatic carbocycles. The van der Waals surface area contributed by atoms with Gasteiger partial charge in [0, 0.05) is 0 Å². The molecule has 4 heteroatoms. The van der Waals surface area contributed by atoms with Gasteiger partial charge in [0.15, 0.2) is 0 Å². The third kappa shape index (κ3) is 5.42. The molecule has 3 nitrogen and oxygen atoms in total. The summed E-state index contributed by atoms with van der Waals surface area (Å²) in [5.74, 6) is 1.91. The molecule has 0 fully saturated rings. The Morgan fingerprint density at radius 2 is 2.13 bits per heavy atom. The van der Waals surface area contributed by atoms with E-state index in [0.717, 1.165) is 30.9 Å². The number of hydrogen-bond donors (Lipinski definition) is 1. The fraction of sp³-hybridized carbons (Fsp3) is 0.909. The average molecular weight is 233 g/mol. The Balaban J connectivity index is 4.20. The fourth-order valence-electron chi connectivity index (χ4n) is 1.31. The normalized spacial score (nSPS) is 14.7. The summed E-state index contributed by atoms with van der Waals surface area (Å²) in [7, 11) is 1.45. The highest BCUT2D eigenvalue weighted by molar-refractivity contribution is 7.99. The quantitative estimate of drug-likeness (QED) is 0.514. The van der Waals surface area contributed by atoms with Gasteiger partial charge in [-0.2, -0.15) is 11.8 Å². The monoisotopic (exact) mass is 233 g/mol. The molecule has 0 aromatic rings. The number of esters is 1. The van der Waals surface area contributed by atoms with E-state index in [0.29, 0.717) is 0 Å². The first-order chi connectivity index (χ1) is 7.10. The summed E-state index contributed by atoms with van der Waals surface area (Å²) in [5.41, 5.74) is -0.521. The minimum absolute atomic E-state index is 0.160. The van der Waals surface area contributed by atoms with E-state index in [1.54, 1.807) is 0 Å². The highest BCUT2D eigenvalue weighted by atomic mass is 32.2. The second kappa shape index (κ2) is 7.99. The summed E-state index contributed by atoms with van der Waals surface area (Å²) in [5, 5.41) is 3.27. The maximum Gasteiger partial charge on any atom is 0.325 e. The van der Waals surface area contributed by atoms with E-state index in [2.05, 4.69) is 19.2 Å². The van der Waals surface area contributed by atoms with Gasteiger partial charge in [-0.1, -0.05) is 13.8 Å². The van der Waals surface area contributed by atoms with Crippen molar-refractivity contribution in [2.45, 2.75) is 39.2 Å². The van der Waals surface area contributed by atoms with Crippen LogP contribution in [0.25, 0.3) is 0 Å². The van der Waals surface area contributed by atoms with E-state index >= 15 is 0 Å². The van der Waals surface area contributed by atoms with Crippen molar-refractivity contribution in [1.82, 2.24) is 5.32 Å². The molecule has 0 spiro atoms. The SMILES string of the molecule is CCCNC(C)(CCSCC)C(=O)OC. The fourth-order valence-corrected chi connectivity index (χ4v) is 2.15. The average Bonchev–Trinajstić information content (AvgIpc) is 2.25. The molecule has 90 valence electrons. The van der Waals surface area contributed by atoms with Gasteiger partial charge >= 0.3 is 5.97 Å². The van der Waals surface area contributed by atoms with Crippen LogP contribution in [0.4, 0.5) is 0 Å². The van der Waals surface area contributed by atoms with E-state index in [1.807, 2.05) is 18.7 Å². The predicted octanol–water partition coefficient (Wildman–Crippen LogP) is 2.06. The number of thioether (sulfide) groups is 1. The first kappa shape index (κ1) is 14.8. The first-order valence-electron chi connectivity index (χ1n) is 5.52. The van der Waals surface area contributed by atoms with Crippen molar-refractivity contribution in [3.8, 4) is 0 Å². The standard InChI is InChI=1S/C11H23NO2S/c1-5-8-12-11(3,10(13)14-4)7-9-15-6-2/h12H,5-9H2,1-4H3. The summed E-state index contributed by atoms with van der Waals surface area (Å²) in [6.07, 6.45) is 1.84. The van der Waals surface area contributed by atoms with Crippen molar-refractivity contribution in [1.29, 1.82) is 0 Å². The van der Waals surface area contributed by atoms with E-state index < -0.39 is 5.54 Å². The van der Waals surface area contributed by atoms with E-state index in [4.69, 9.17) is 4.74 Å². The number of rotatable bonds is 8. The van der Waals surface area contributed by atoms with Gasteiger partial charge in [0.2, 0.25) is 0 Å². The Bertz CT molecular complexity index is 187. The molecule has 0 aliphatic carbocycles. The molecule has 1 N–H and O–H groups in total. The summed E-state index contributed by atoms with van der Waals surface area (Å²) in [6, 6.07) is 0. The van der Waals surface area contributed by atoms with Gasteiger partial charge < -0.3 is 10.1 Å². The molecule has 0 saturated carbocycles. The molecule has 0 heterocycles. The number of hydrogen-bond acceptors (Lipinski definition) is 4. The minimum Gasteiger partial charge on any atom is -0.468 e. The number of carbonyl (C=O) groups excluding carboxylic acids is 1. The lowest BCUT2D eigenvalue weighted by molar-refractivity contribution is -0.148. The Kier molecular flexibility index (Phi) is 7.88. The molecule has 0 rings (SSSR count). The van der Waals surface area contributed by atoms with Crippen LogP contribution in [0.1, 0.15) is 33.6 Å². The van der Waals surface area contributed by atoms with Crippen LogP contribution in [0.2, 0.25) is 0 Å². The lowest BCUT2D eigenvalue weighted by Crippen LogP contribution is -2.50. The molecule has 1 unspecified atom stereocenters. The molecule has 0 amide bonds. The van der Waals surface area contributed by atoms with Gasteiger partial charge in [-0.05, 0) is 37.8 Å². The van der Waals surface area contributed by atoms with Crippen LogP contribution in [0.15, 0.2) is 0 Å². The second-order valence-electron chi connectivity index (χ2n) is 3.70. The molecule has 0 aliphatic rings. The third-order valence-electron chi connectivity index (χ3n) is 2.35. The zero-order chi connectivity index (χ0) is 11.7. The lowest BCUT2D eigenvalue weighted by atomic mass is 9.99. The van der Waals surface area contributed by atoms with Crippen molar-refractivity contribution in [3.05, 3.63) is 0 Å². The zero-order valence-corrected chi connectivity index (χ0v) is 11.1. The summed E-state index contributed by atoms with van der Waals surface area (Å²) < 4.78 is 4.83. The van der Waals surface area contributed by atoms with E-state index in [1.165, 1.54) is 7.11 Å². The Labute approximate surface area is 97.3 Å². The molecule has 0 bridgehead atoms. The number of ether oxygens (including phenoxy) is 1. The van der Waals surface area contributed by atoms with Gasteiger partial charge in [0.05, 0.1) is 7.11 Å². The molecule has 0 radical (unpaired) electrons. The van der Waals surface area contributed by atoms with Crippen molar-refractivity contribution >= 4 is 17.7 Å². The largest absolute Gasteiger partial charge is 0.468 e. The molecule has 15 heavy (non-hydrogen) atoms. The lowest BCUT2D eigenvalue weighted by Gasteiger charge is -2.27. The smallest absolute Gasteiger partial charge is 0.325 e. The highest BCUT2D eigenvalue weighted by Gasteiger charge is 2.32. The second-order valence-corrected chi connectivity index (χ2v) is 5.09. The van der Waals surface area contributed by atoms with Gasteiger partial charge in [-0.15, -0.1) is 0 Å². The Morgan fingerprint density at radius 3 is 2.60 bits per heavy atom. The molecule has 1 atom stereocenters. The van der Waals surface area contributed by atoms with Gasteiger partial charge in [0.1, 0.15) is 5.54 Å². The van der Waals surface area contributed by atoms with Crippen LogP contribution in [0.5, 0.6) is 0 Å². The molecular formula is C11H23NO2S. The van der Waals surface area contributed by atoms with Crippen LogP contribution < -0.4 is 5.32 Å². The summed E-state index contributed by atoms with van der Waals surface area (Å²) in [6.45, 7) is 6.98. The predicted molar refractivity (Wildman–Crippen MR) is 66.3 cm³/mol. The third-order valence-corrected chi connectivity index (χ3v) is 3.25. The Hall–Kier alpha value is -0.220. The number of nitrogens with one attached hydrogen (secondary N) is 1. The molecule has 0 aliphatic heterocycles. The van der Waals surface area contributed by atoms with Crippen molar-refractivity contribution in [3.63, 3.8) is 0 Å². The first-order valence-corrected chi connectivity index (χ1v) is 6.67. The van der Waals surface area contributed by atoms with Crippen LogP contribution >= 0.6 is 11.8 Å². The van der Waals surface area contributed by atoms with Gasteiger partial charge in [0.25, 0.3) is 0 Å². The molecule has 0 saturated heterocycles. The van der Waals surface area contributed by atoms with Gasteiger partial charge in [-0.25, -0.2) is 0 Å². The molecular weight excluding hydrogens is 210 g/mol. The van der Waals surface area contributed by atoms with Crippen LogP contribution in [-0.2, 0) is 9.53 Å². The van der Waals surface area contributed by atoms with Crippen molar-refractivity contribution < 1.29 is 9.53 Å². The summed E-state index contributed by atoms with van der Waals surface area (Å²) >= 11 is 1.85. The van der Waals surface area contributed by atoms with Crippen molar-refractivity contribution in [2.75, 3.05) is 25.2 Å². The van der Waals surface area contributed by atoms with Gasteiger partial charge in [-0.3, -0.25) is 4.79 Å². The topological polar surface area (TPSA) is 38.3 Å². The van der Waals surface area contributed by atoms with Crippen LogP contribution in [-0.4, -0.2) is 36.7 Å². The Morgan fingerprint density at radius 1 is 1.47 bits per heavy atom. The van der Waals surface area contributed by atoms with E-state index in [-0.39, 0.29) is 5.97 Å². The highest BCUT2D eigenvalue weighted by Crippen LogP contribution is 2.16. The number of carbonyl (C=O) groups is 1. The van der Waals surface area contributed by atoms with E-state index in [9.17, 15) is 4.79 Å². The maximum atomic E-state index is 11.6. The summed E-state index contributed by atoms with van der Waals surface area (Å²) in [4.78, 5) is 11.6.